The number of nitrogens with zero attached hydrogens (tertiary/aromatic N) is 2. The highest BCUT2D eigenvalue weighted by molar-refractivity contribution is 5.29. The van der Waals surface area contributed by atoms with Crippen molar-refractivity contribution in [2.24, 2.45) is 21.6 Å². The van der Waals surface area contributed by atoms with Crippen molar-refractivity contribution in [2.45, 2.75) is 38.3 Å². The molecule has 1 heterocycles. The van der Waals surface area contributed by atoms with Crippen molar-refractivity contribution in [1.82, 2.24) is 0 Å². The van der Waals surface area contributed by atoms with Crippen LogP contribution in [0.25, 0.3) is 0 Å². The smallest absolute Gasteiger partial charge is 0.0873 e. The molecular weight excluding hydrogens is 124 g/mol. The summed E-state index contributed by atoms with van der Waals surface area (Å²) in [5, 5.41) is 8.63. The molecule has 0 bridgehead atoms. The molecule has 2 aliphatic carbocycles. The summed E-state index contributed by atoms with van der Waals surface area (Å²) in [6, 6.07) is 0.593. The van der Waals surface area contributed by atoms with Crippen LogP contribution in [0.3, 0.4) is 0 Å². The van der Waals surface area contributed by atoms with E-state index in [0.29, 0.717) is 17.0 Å². The molecule has 0 saturated heterocycles. The highest BCUT2D eigenvalue weighted by Crippen LogP contribution is 2.71. The van der Waals surface area contributed by atoms with E-state index >= 15 is 0 Å². The van der Waals surface area contributed by atoms with E-state index in [1.165, 1.54) is 12.8 Å². The van der Waals surface area contributed by atoms with Crippen LogP contribution in [0.5, 0.6) is 0 Å². The van der Waals surface area contributed by atoms with Gasteiger partial charge in [0.05, 0.1) is 11.6 Å². The van der Waals surface area contributed by atoms with Gasteiger partial charge in [0.1, 0.15) is 0 Å². The van der Waals surface area contributed by atoms with Crippen molar-refractivity contribution in [3.63, 3.8) is 0 Å². The molecule has 0 unspecified atom stereocenters. The Morgan fingerprint density at radius 3 is 2.30 bits per heavy atom. The SMILES string of the molecule is CC1(C)[C@@H]2N=NC3(CC3)[C@@H]21. The molecule has 1 spiro atoms. The molecular formula is C8H12N2. The lowest BCUT2D eigenvalue weighted by molar-refractivity contribution is 0.448. The predicted molar refractivity (Wildman–Crippen MR) is 37.9 cm³/mol. The third-order valence-corrected chi connectivity index (χ3v) is 3.49. The molecule has 54 valence electrons. The van der Waals surface area contributed by atoms with Crippen LogP contribution >= 0.6 is 0 Å². The quantitative estimate of drug-likeness (QED) is 0.486. The standard InChI is InChI=1S/C8H12N2/c1-7(2)5-6(7)9-10-8(5)3-4-8/h5-6H,3-4H2,1-2H3/t5-,6+/m0/s1. The second-order valence-corrected chi connectivity index (χ2v) is 4.56. The Hall–Kier alpha value is -0.400. The first-order valence-corrected chi connectivity index (χ1v) is 4.09. The molecule has 0 amide bonds. The maximum absolute atomic E-state index is 4.33. The van der Waals surface area contributed by atoms with Crippen LogP contribution < -0.4 is 0 Å². The molecule has 10 heavy (non-hydrogen) atoms. The minimum Gasteiger partial charge on any atom is -0.189 e. The summed E-state index contributed by atoms with van der Waals surface area (Å²) < 4.78 is 0. The van der Waals surface area contributed by atoms with E-state index in [1.807, 2.05) is 0 Å². The average molecular weight is 136 g/mol. The third-order valence-electron chi connectivity index (χ3n) is 3.49. The predicted octanol–water partition coefficient (Wildman–Crippen LogP) is 2.01. The number of hydrogen-bond acceptors (Lipinski definition) is 2. The zero-order valence-electron chi connectivity index (χ0n) is 6.46. The van der Waals surface area contributed by atoms with Gasteiger partial charge in [-0.1, -0.05) is 13.8 Å². The second kappa shape index (κ2) is 1.06. The zero-order chi connectivity index (χ0) is 6.98. The van der Waals surface area contributed by atoms with Crippen LogP contribution in [0.15, 0.2) is 10.2 Å². The molecule has 2 saturated carbocycles. The first kappa shape index (κ1) is 5.28. The van der Waals surface area contributed by atoms with Crippen molar-refractivity contribution in [3.05, 3.63) is 0 Å². The molecule has 2 nitrogen and oxygen atoms in total. The normalized spacial score (nSPS) is 49.4. The van der Waals surface area contributed by atoms with Gasteiger partial charge in [0.25, 0.3) is 0 Å². The van der Waals surface area contributed by atoms with Gasteiger partial charge in [0.2, 0.25) is 0 Å². The molecule has 3 aliphatic rings. The van der Waals surface area contributed by atoms with Gasteiger partial charge in [0, 0.05) is 5.92 Å². The zero-order valence-corrected chi connectivity index (χ0v) is 6.46. The Morgan fingerprint density at radius 1 is 1.30 bits per heavy atom. The van der Waals surface area contributed by atoms with E-state index in [1.54, 1.807) is 0 Å². The third kappa shape index (κ3) is 0.354. The Balaban J connectivity index is 2.03. The van der Waals surface area contributed by atoms with Crippen molar-refractivity contribution in [3.8, 4) is 0 Å². The van der Waals surface area contributed by atoms with Crippen LogP contribution in [0.1, 0.15) is 26.7 Å². The minimum absolute atomic E-state index is 0.369. The fourth-order valence-electron chi connectivity index (χ4n) is 2.59. The molecule has 2 heteroatoms. The average Bonchev–Trinajstić information content (AvgIpc) is 2.53. The van der Waals surface area contributed by atoms with E-state index in [0.717, 1.165) is 5.92 Å². The summed E-state index contributed by atoms with van der Waals surface area (Å²) in [5.41, 5.74) is 0.867. The highest BCUT2D eigenvalue weighted by atomic mass is 15.3. The molecule has 3 rings (SSSR count). The molecule has 0 N–H and O–H groups in total. The van der Waals surface area contributed by atoms with E-state index in [-0.39, 0.29) is 0 Å². The van der Waals surface area contributed by atoms with Crippen molar-refractivity contribution >= 4 is 0 Å². The topological polar surface area (TPSA) is 24.7 Å². The lowest BCUT2D eigenvalue weighted by Gasteiger charge is -2.08. The second-order valence-electron chi connectivity index (χ2n) is 4.56. The Bertz CT molecular complexity index is 225. The molecule has 0 radical (unpaired) electrons. The van der Waals surface area contributed by atoms with Crippen molar-refractivity contribution in [2.75, 3.05) is 0 Å². The number of fused-ring (bicyclic) bond motifs is 2. The van der Waals surface area contributed by atoms with E-state index in [4.69, 9.17) is 0 Å². The van der Waals surface area contributed by atoms with Gasteiger partial charge in [-0.15, -0.1) is 0 Å². The molecule has 0 aromatic rings. The Kier molecular flexibility index (Phi) is 0.562. The van der Waals surface area contributed by atoms with Crippen molar-refractivity contribution in [1.29, 1.82) is 0 Å². The van der Waals surface area contributed by atoms with Gasteiger partial charge in [0.15, 0.2) is 0 Å². The van der Waals surface area contributed by atoms with Gasteiger partial charge in [-0.05, 0) is 18.3 Å². The van der Waals surface area contributed by atoms with Crippen LogP contribution in [0.4, 0.5) is 0 Å². The summed E-state index contributed by atoms with van der Waals surface area (Å²) in [6.45, 7) is 4.64. The lowest BCUT2D eigenvalue weighted by Crippen LogP contribution is -2.10. The minimum atomic E-state index is 0.369. The van der Waals surface area contributed by atoms with Gasteiger partial charge >= 0.3 is 0 Å². The van der Waals surface area contributed by atoms with E-state index in [2.05, 4.69) is 24.1 Å². The maximum atomic E-state index is 4.33. The summed E-state index contributed by atoms with van der Waals surface area (Å²) in [4.78, 5) is 0. The van der Waals surface area contributed by atoms with Crippen LogP contribution in [-0.4, -0.2) is 11.6 Å². The molecule has 2 fully saturated rings. The molecule has 2 atom stereocenters. The van der Waals surface area contributed by atoms with E-state index in [9.17, 15) is 0 Å². The van der Waals surface area contributed by atoms with Gasteiger partial charge in [-0.3, -0.25) is 0 Å². The number of rotatable bonds is 0. The molecule has 0 aromatic heterocycles. The van der Waals surface area contributed by atoms with Gasteiger partial charge in [-0.2, -0.15) is 10.2 Å². The molecule has 1 aliphatic heterocycles. The largest absolute Gasteiger partial charge is 0.189 e. The van der Waals surface area contributed by atoms with Crippen LogP contribution in [-0.2, 0) is 0 Å². The Labute approximate surface area is 60.7 Å². The number of hydrogen-bond donors (Lipinski definition) is 0. The maximum Gasteiger partial charge on any atom is 0.0873 e. The summed E-state index contributed by atoms with van der Waals surface area (Å²) in [6.07, 6.45) is 2.61. The van der Waals surface area contributed by atoms with Crippen molar-refractivity contribution < 1.29 is 0 Å². The van der Waals surface area contributed by atoms with Crippen LogP contribution in [0, 0.1) is 11.3 Å². The fourth-order valence-corrected chi connectivity index (χ4v) is 2.59. The highest BCUT2D eigenvalue weighted by Gasteiger charge is 2.75. The Morgan fingerprint density at radius 2 is 2.00 bits per heavy atom. The monoisotopic (exact) mass is 136 g/mol. The summed E-state index contributed by atoms with van der Waals surface area (Å²) >= 11 is 0. The number of azo groups is 1. The summed E-state index contributed by atoms with van der Waals surface area (Å²) in [7, 11) is 0. The van der Waals surface area contributed by atoms with Gasteiger partial charge in [-0.25, -0.2) is 0 Å². The first-order valence-electron chi connectivity index (χ1n) is 4.09. The van der Waals surface area contributed by atoms with Gasteiger partial charge < -0.3 is 0 Å². The first-order chi connectivity index (χ1) is 4.67. The van der Waals surface area contributed by atoms with Crippen LogP contribution in [0.2, 0.25) is 0 Å². The lowest BCUT2D eigenvalue weighted by atomic mass is 10.0. The van der Waals surface area contributed by atoms with E-state index < -0.39 is 0 Å². The summed E-state index contributed by atoms with van der Waals surface area (Å²) in [5.74, 6) is 0.819. The fraction of sp³-hybridized carbons (Fsp3) is 1.00. The molecule has 0 aromatic carbocycles.